The van der Waals surface area contributed by atoms with Crippen molar-refractivity contribution >= 4 is 23.6 Å². The summed E-state index contributed by atoms with van der Waals surface area (Å²) in [5, 5.41) is 3.16. The summed E-state index contributed by atoms with van der Waals surface area (Å²) in [7, 11) is 0. The number of imide groups is 1. The van der Waals surface area contributed by atoms with Gasteiger partial charge in [0.05, 0.1) is 12.5 Å². The predicted molar refractivity (Wildman–Crippen MR) is 75.5 cm³/mol. The summed E-state index contributed by atoms with van der Waals surface area (Å²) in [4.78, 5) is 25.2. The first-order valence-corrected chi connectivity index (χ1v) is 7.55. The quantitative estimate of drug-likeness (QED) is 0.412. The van der Waals surface area contributed by atoms with Crippen LogP contribution in [0.5, 0.6) is 0 Å². The summed E-state index contributed by atoms with van der Waals surface area (Å²) in [5.41, 5.74) is 0. The van der Waals surface area contributed by atoms with Gasteiger partial charge < -0.3 is 5.32 Å². The summed E-state index contributed by atoms with van der Waals surface area (Å²) in [6.07, 6.45) is 2.97. The molecular formula is C13H22N2O2S. The molecule has 1 aliphatic rings. The van der Waals surface area contributed by atoms with Crippen LogP contribution in [0.1, 0.15) is 26.7 Å². The molecule has 0 radical (unpaired) electrons. The normalized spacial score (nSPS) is 21.4. The Balaban J connectivity index is 2.38. The number of carbonyl (C=O) groups is 2. The highest BCUT2D eigenvalue weighted by atomic mass is 32.2. The molecule has 102 valence electrons. The van der Waals surface area contributed by atoms with Crippen LogP contribution in [0.2, 0.25) is 0 Å². The van der Waals surface area contributed by atoms with E-state index in [1.54, 1.807) is 11.8 Å². The fourth-order valence-electron chi connectivity index (χ4n) is 1.93. The molecule has 2 atom stereocenters. The first-order valence-electron chi connectivity index (χ1n) is 6.39. The first kappa shape index (κ1) is 15.2. The molecule has 1 N–H and O–H groups in total. The van der Waals surface area contributed by atoms with Crippen LogP contribution in [0.4, 0.5) is 0 Å². The molecule has 1 saturated heterocycles. The minimum atomic E-state index is -0.323. The second-order valence-corrected chi connectivity index (χ2v) is 5.58. The molecule has 5 heteroatoms. The SMILES string of the molecule is C=CCSCCNC1CC(=O)N(C(C)CC)C1=O. The van der Waals surface area contributed by atoms with Crippen molar-refractivity contribution in [2.75, 3.05) is 18.1 Å². The van der Waals surface area contributed by atoms with Gasteiger partial charge in [-0.2, -0.15) is 11.8 Å². The third kappa shape index (κ3) is 3.85. The summed E-state index contributed by atoms with van der Waals surface area (Å²) in [5.74, 6) is 1.72. The summed E-state index contributed by atoms with van der Waals surface area (Å²) in [6.45, 7) is 8.30. The fraction of sp³-hybridized carbons (Fsp3) is 0.692. The molecule has 18 heavy (non-hydrogen) atoms. The minimum absolute atomic E-state index is 0.00643. The monoisotopic (exact) mass is 270 g/mol. The van der Waals surface area contributed by atoms with E-state index in [-0.39, 0.29) is 23.9 Å². The van der Waals surface area contributed by atoms with Crippen LogP contribution < -0.4 is 5.32 Å². The molecule has 0 aromatic carbocycles. The average molecular weight is 270 g/mol. The lowest BCUT2D eigenvalue weighted by molar-refractivity contribution is -0.141. The maximum absolute atomic E-state index is 12.1. The first-order chi connectivity index (χ1) is 8.61. The molecule has 0 aliphatic carbocycles. The topological polar surface area (TPSA) is 49.4 Å². The van der Waals surface area contributed by atoms with Crippen LogP contribution in [0.25, 0.3) is 0 Å². The zero-order valence-corrected chi connectivity index (χ0v) is 12.0. The van der Waals surface area contributed by atoms with Crippen LogP contribution >= 0.6 is 11.8 Å². The van der Waals surface area contributed by atoms with Crippen molar-refractivity contribution in [1.82, 2.24) is 10.2 Å². The van der Waals surface area contributed by atoms with Gasteiger partial charge in [-0.1, -0.05) is 13.0 Å². The van der Waals surface area contributed by atoms with E-state index in [0.717, 1.165) is 24.5 Å². The number of hydrogen-bond donors (Lipinski definition) is 1. The molecule has 0 saturated carbocycles. The maximum Gasteiger partial charge on any atom is 0.247 e. The molecule has 2 unspecified atom stereocenters. The van der Waals surface area contributed by atoms with Gasteiger partial charge in [0, 0.05) is 24.1 Å². The third-order valence-corrected chi connectivity index (χ3v) is 4.05. The van der Waals surface area contributed by atoms with Crippen molar-refractivity contribution in [3.8, 4) is 0 Å². The van der Waals surface area contributed by atoms with Crippen molar-refractivity contribution in [1.29, 1.82) is 0 Å². The van der Waals surface area contributed by atoms with Gasteiger partial charge in [-0.3, -0.25) is 14.5 Å². The number of carbonyl (C=O) groups excluding carboxylic acids is 2. The second-order valence-electron chi connectivity index (χ2n) is 4.43. The Hall–Kier alpha value is -0.810. The number of nitrogens with zero attached hydrogens (tertiary/aromatic N) is 1. The van der Waals surface area contributed by atoms with Crippen molar-refractivity contribution in [2.45, 2.75) is 38.8 Å². The van der Waals surface area contributed by atoms with E-state index in [1.807, 2.05) is 19.9 Å². The van der Waals surface area contributed by atoms with Crippen LogP contribution in [-0.2, 0) is 9.59 Å². The average Bonchev–Trinajstić information content (AvgIpc) is 2.63. The van der Waals surface area contributed by atoms with Crippen molar-refractivity contribution in [3.63, 3.8) is 0 Å². The summed E-state index contributed by atoms with van der Waals surface area (Å²) < 4.78 is 0. The maximum atomic E-state index is 12.1. The van der Waals surface area contributed by atoms with Crippen LogP contribution in [0, 0.1) is 0 Å². The highest BCUT2D eigenvalue weighted by molar-refractivity contribution is 7.99. The molecule has 1 rings (SSSR count). The Labute approximate surface area is 113 Å². The lowest BCUT2D eigenvalue weighted by Crippen LogP contribution is -2.43. The Morgan fingerprint density at radius 3 is 2.94 bits per heavy atom. The number of nitrogens with one attached hydrogen (secondary N) is 1. The van der Waals surface area contributed by atoms with Crippen molar-refractivity contribution < 1.29 is 9.59 Å². The zero-order chi connectivity index (χ0) is 13.5. The number of amides is 2. The Morgan fingerprint density at radius 1 is 1.61 bits per heavy atom. The molecule has 0 spiro atoms. The van der Waals surface area contributed by atoms with Crippen molar-refractivity contribution in [2.24, 2.45) is 0 Å². The van der Waals surface area contributed by atoms with Gasteiger partial charge in [-0.05, 0) is 13.3 Å². The molecule has 1 heterocycles. The Bertz CT molecular complexity index is 320. The number of likely N-dealkylation sites (tertiary alicyclic amines) is 1. The zero-order valence-electron chi connectivity index (χ0n) is 11.1. The van der Waals surface area contributed by atoms with Gasteiger partial charge in [0.2, 0.25) is 11.8 Å². The largest absolute Gasteiger partial charge is 0.305 e. The fourth-order valence-corrected chi connectivity index (χ4v) is 2.52. The van der Waals surface area contributed by atoms with E-state index in [2.05, 4.69) is 11.9 Å². The lowest BCUT2D eigenvalue weighted by Gasteiger charge is -2.21. The molecule has 0 aromatic heterocycles. The van der Waals surface area contributed by atoms with E-state index in [4.69, 9.17) is 0 Å². The summed E-state index contributed by atoms with van der Waals surface area (Å²) >= 11 is 1.76. The number of hydrogen-bond acceptors (Lipinski definition) is 4. The van der Waals surface area contributed by atoms with E-state index in [0.29, 0.717) is 6.42 Å². The Morgan fingerprint density at radius 2 is 2.33 bits per heavy atom. The molecule has 4 nitrogen and oxygen atoms in total. The molecule has 0 bridgehead atoms. The molecule has 0 aromatic rings. The highest BCUT2D eigenvalue weighted by Crippen LogP contribution is 2.17. The standard InChI is InChI=1S/C13H22N2O2S/c1-4-7-18-8-6-14-11-9-12(16)15(13(11)17)10(3)5-2/h4,10-11,14H,1,5-9H2,2-3H3. The summed E-state index contributed by atoms with van der Waals surface area (Å²) in [6, 6.07) is -0.317. The van der Waals surface area contributed by atoms with Gasteiger partial charge in [-0.15, -0.1) is 6.58 Å². The van der Waals surface area contributed by atoms with Gasteiger partial charge in [0.1, 0.15) is 0 Å². The Kier molecular flexibility index (Phi) is 6.43. The van der Waals surface area contributed by atoms with Gasteiger partial charge >= 0.3 is 0 Å². The van der Waals surface area contributed by atoms with E-state index in [9.17, 15) is 9.59 Å². The number of rotatable bonds is 8. The van der Waals surface area contributed by atoms with Crippen LogP contribution in [0.15, 0.2) is 12.7 Å². The molecule has 2 amide bonds. The van der Waals surface area contributed by atoms with E-state index < -0.39 is 0 Å². The lowest BCUT2D eigenvalue weighted by atomic mass is 10.2. The highest BCUT2D eigenvalue weighted by Gasteiger charge is 2.39. The van der Waals surface area contributed by atoms with E-state index >= 15 is 0 Å². The smallest absolute Gasteiger partial charge is 0.247 e. The number of thioether (sulfide) groups is 1. The molecule has 1 fully saturated rings. The second kappa shape index (κ2) is 7.59. The van der Waals surface area contributed by atoms with Gasteiger partial charge in [0.15, 0.2) is 0 Å². The molecule has 1 aliphatic heterocycles. The van der Waals surface area contributed by atoms with Gasteiger partial charge in [-0.25, -0.2) is 0 Å². The van der Waals surface area contributed by atoms with Crippen LogP contribution in [-0.4, -0.2) is 46.8 Å². The predicted octanol–water partition coefficient (Wildman–Crippen LogP) is 1.42. The van der Waals surface area contributed by atoms with E-state index in [1.165, 1.54) is 4.90 Å². The van der Waals surface area contributed by atoms with Crippen molar-refractivity contribution in [3.05, 3.63) is 12.7 Å². The third-order valence-electron chi connectivity index (χ3n) is 3.09. The van der Waals surface area contributed by atoms with Gasteiger partial charge in [0.25, 0.3) is 0 Å². The minimum Gasteiger partial charge on any atom is -0.305 e. The van der Waals surface area contributed by atoms with Crippen LogP contribution in [0.3, 0.4) is 0 Å². The molecular weight excluding hydrogens is 248 g/mol.